The second-order valence-electron chi connectivity index (χ2n) is 5.34. The monoisotopic (exact) mass is 326 g/mol. The average molecular weight is 326 g/mol. The van der Waals surface area contributed by atoms with Crippen LogP contribution in [0.4, 0.5) is 0 Å². The fourth-order valence-electron chi connectivity index (χ4n) is 2.32. The number of amides is 1. The first kappa shape index (κ1) is 16.0. The number of rotatable bonds is 4. The smallest absolute Gasteiger partial charge is 0.273 e. The predicted molar refractivity (Wildman–Crippen MR) is 89.2 cm³/mol. The maximum absolute atomic E-state index is 12.0. The summed E-state index contributed by atoms with van der Waals surface area (Å²) < 4.78 is 11.0. The van der Waals surface area contributed by atoms with Gasteiger partial charge < -0.3 is 14.6 Å². The van der Waals surface area contributed by atoms with Crippen LogP contribution in [-0.2, 0) is 4.79 Å². The van der Waals surface area contributed by atoms with Crippen LogP contribution >= 0.6 is 0 Å². The Balaban J connectivity index is 1.69. The minimum Gasteiger partial charge on any atom is -0.486 e. The first-order valence-electron chi connectivity index (χ1n) is 7.62. The lowest BCUT2D eigenvalue weighted by atomic mass is 10.1. The van der Waals surface area contributed by atoms with Crippen molar-refractivity contribution in [3.63, 3.8) is 0 Å². The van der Waals surface area contributed by atoms with Crippen molar-refractivity contribution in [2.24, 2.45) is 5.10 Å². The van der Waals surface area contributed by atoms with Crippen molar-refractivity contribution in [1.29, 1.82) is 0 Å². The molecule has 1 aliphatic rings. The molecule has 3 rings (SSSR count). The summed E-state index contributed by atoms with van der Waals surface area (Å²) in [5, 5.41) is 14.1. The van der Waals surface area contributed by atoms with Crippen molar-refractivity contribution in [2.45, 2.75) is 13.0 Å². The van der Waals surface area contributed by atoms with Crippen molar-refractivity contribution in [3.8, 4) is 11.5 Å². The predicted octanol–water partition coefficient (Wildman–Crippen LogP) is 2.03. The van der Waals surface area contributed by atoms with Crippen LogP contribution in [0.15, 0.2) is 53.6 Å². The van der Waals surface area contributed by atoms with Gasteiger partial charge in [-0.1, -0.05) is 30.3 Å². The van der Waals surface area contributed by atoms with E-state index < -0.39 is 12.0 Å². The lowest BCUT2D eigenvalue weighted by molar-refractivity contribution is -0.129. The molecular weight excluding hydrogens is 308 g/mol. The minimum absolute atomic E-state index is 0.507. The van der Waals surface area contributed by atoms with Crippen LogP contribution in [0.1, 0.15) is 24.2 Å². The number of hydrogen-bond donors (Lipinski definition) is 2. The van der Waals surface area contributed by atoms with E-state index in [0.29, 0.717) is 36.0 Å². The van der Waals surface area contributed by atoms with Gasteiger partial charge in [-0.05, 0) is 30.7 Å². The molecule has 2 N–H and O–H groups in total. The van der Waals surface area contributed by atoms with Crippen molar-refractivity contribution in [3.05, 3.63) is 59.7 Å². The highest BCUT2D eigenvalue weighted by atomic mass is 16.6. The molecule has 0 aromatic heterocycles. The third kappa shape index (κ3) is 3.55. The van der Waals surface area contributed by atoms with Gasteiger partial charge in [0.15, 0.2) is 17.6 Å². The maximum Gasteiger partial charge on any atom is 0.273 e. The van der Waals surface area contributed by atoms with E-state index in [-0.39, 0.29) is 0 Å². The molecule has 0 radical (unpaired) electrons. The van der Waals surface area contributed by atoms with E-state index in [1.54, 1.807) is 31.2 Å². The number of fused-ring (bicyclic) bond motifs is 1. The zero-order valence-electron chi connectivity index (χ0n) is 13.2. The highest BCUT2D eigenvalue weighted by Crippen LogP contribution is 2.30. The number of ether oxygens (including phenoxy) is 2. The van der Waals surface area contributed by atoms with Gasteiger partial charge in [0.1, 0.15) is 13.2 Å². The van der Waals surface area contributed by atoms with Crippen LogP contribution in [0.3, 0.4) is 0 Å². The van der Waals surface area contributed by atoms with Gasteiger partial charge in [0.2, 0.25) is 0 Å². The highest BCUT2D eigenvalue weighted by molar-refractivity contribution is 6.00. The number of aliphatic hydroxyl groups excluding tert-OH is 1. The number of hydrazone groups is 1. The molecule has 6 heteroatoms. The normalized spacial score (nSPS) is 14.8. The van der Waals surface area contributed by atoms with Gasteiger partial charge in [-0.15, -0.1) is 0 Å². The van der Waals surface area contributed by atoms with Gasteiger partial charge in [0, 0.05) is 5.56 Å². The van der Waals surface area contributed by atoms with E-state index in [1.807, 2.05) is 24.3 Å². The molecule has 0 fully saturated rings. The first-order valence-corrected chi connectivity index (χ1v) is 7.62. The standard InChI is InChI=1S/C18H18N2O4/c1-12(14-7-8-15-16(11-14)24-10-9-23-15)19-20-18(22)17(21)13-5-3-2-4-6-13/h2-8,11,17,21H,9-10H2,1H3,(H,20,22)/b19-12-/t17-/m0/s1. The molecule has 0 saturated heterocycles. The molecule has 0 aliphatic carbocycles. The number of carbonyl (C=O) groups excluding carboxylic acids is 1. The molecule has 1 aliphatic heterocycles. The van der Waals surface area contributed by atoms with Crippen LogP contribution in [-0.4, -0.2) is 29.9 Å². The summed E-state index contributed by atoms with van der Waals surface area (Å²) in [7, 11) is 0. The summed E-state index contributed by atoms with van der Waals surface area (Å²) in [5.74, 6) is 0.767. The van der Waals surface area contributed by atoms with Crippen molar-refractivity contribution < 1.29 is 19.4 Å². The third-order valence-corrected chi connectivity index (χ3v) is 3.66. The molecule has 1 atom stereocenters. The second kappa shape index (κ2) is 7.14. The molecule has 24 heavy (non-hydrogen) atoms. The Bertz CT molecular complexity index is 759. The van der Waals surface area contributed by atoms with E-state index in [0.717, 1.165) is 5.56 Å². The van der Waals surface area contributed by atoms with Gasteiger partial charge in [-0.3, -0.25) is 4.79 Å². The fourth-order valence-corrected chi connectivity index (χ4v) is 2.32. The van der Waals surface area contributed by atoms with Gasteiger partial charge in [-0.25, -0.2) is 5.43 Å². The summed E-state index contributed by atoms with van der Waals surface area (Å²) in [6.45, 7) is 2.81. The van der Waals surface area contributed by atoms with Gasteiger partial charge in [-0.2, -0.15) is 5.10 Å². The van der Waals surface area contributed by atoms with Gasteiger partial charge >= 0.3 is 0 Å². The maximum atomic E-state index is 12.0. The van der Waals surface area contributed by atoms with Crippen molar-refractivity contribution in [2.75, 3.05) is 13.2 Å². The molecule has 1 amide bonds. The quantitative estimate of drug-likeness (QED) is 0.665. The van der Waals surface area contributed by atoms with E-state index in [9.17, 15) is 9.90 Å². The van der Waals surface area contributed by atoms with Crippen LogP contribution in [0.25, 0.3) is 0 Å². The minimum atomic E-state index is -1.26. The topological polar surface area (TPSA) is 80.2 Å². The first-order chi connectivity index (χ1) is 11.6. The number of nitrogens with one attached hydrogen (secondary N) is 1. The molecule has 124 valence electrons. The summed E-state index contributed by atoms with van der Waals surface area (Å²) in [6.07, 6.45) is -1.26. The van der Waals surface area contributed by atoms with Crippen molar-refractivity contribution in [1.82, 2.24) is 5.43 Å². The molecule has 1 heterocycles. The molecule has 0 spiro atoms. The highest BCUT2D eigenvalue weighted by Gasteiger charge is 2.17. The van der Waals surface area contributed by atoms with Gasteiger partial charge in [0.25, 0.3) is 5.91 Å². The lowest BCUT2D eigenvalue weighted by Crippen LogP contribution is -2.26. The van der Waals surface area contributed by atoms with E-state index in [1.165, 1.54) is 0 Å². The molecule has 0 unspecified atom stereocenters. The van der Waals surface area contributed by atoms with Crippen LogP contribution < -0.4 is 14.9 Å². The average Bonchev–Trinajstić information content (AvgIpc) is 2.65. The summed E-state index contributed by atoms with van der Waals surface area (Å²) in [4.78, 5) is 12.0. The summed E-state index contributed by atoms with van der Waals surface area (Å²) in [5.41, 5.74) is 4.30. The Morgan fingerprint density at radius 1 is 1.12 bits per heavy atom. The Labute approximate surface area is 139 Å². The van der Waals surface area contributed by atoms with E-state index in [2.05, 4.69) is 10.5 Å². The van der Waals surface area contributed by atoms with Crippen LogP contribution in [0, 0.1) is 0 Å². The molecule has 2 aromatic rings. The lowest BCUT2D eigenvalue weighted by Gasteiger charge is -2.18. The summed E-state index contributed by atoms with van der Waals surface area (Å²) in [6, 6.07) is 14.2. The van der Waals surface area contributed by atoms with Gasteiger partial charge in [0.05, 0.1) is 5.71 Å². The largest absolute Gasteiger partial charge is 0.486 e. The Morgan fingerprint density at radius 2 is 1.83 bits per heavy atom. The SMILES string of the molecule is C/C(=N/NC(=O)[C@@H](O)c1ccccc1)c1ccc2c(c1)OCCO2. The second-order valence-corrected chi connectivity index (χ2v) is 5.34. The fraction of sp³-hybridized carbons (Fsp3) is 0.222. The zero-order valence-corrected chi connectivity index (χ0v) is 13.2. The number of benzene rings is 2. The number of carbonyl (C=O) groups is 1. The Hall–Kier alpha value is -2.86. The van der Waals surface area contributed by atoms with Crippen molar-refractivity contribution >= 4 is 11.6 Å². The molecule has 0 saturated carbocycles. The Morgan fingerprint density at radius 3 is 2.58 bits per heavy atom. The number of hydrogen-bond acceptors (Lipinski definition) is 5. The molecular formula is C18H18N2O4. The molecule has 2 aromatic carbocycles. The summed E-state index contributed by atoms with van der Waals surface area (Å²) >= 11 is 0. The molecule has 6 nitrogen and oxygen atoms in total. The van der Waals surface area contributed by atoms with E-state index >= 15 is 0 Å². The third-order valence-electron chi connectivity index (χ3n) is 3.66. The zero-order chi connectivity index (χ0) is 16.9. The molecule has 0 bridgehead atoms. The van der Waals surface area contributed by atoms with Crippen LogP contribution in [0.2, 0.25) is 0 Å². The number of aliphatic hydroxyl groups is 1. The Kier molecular flexibility index (Phi) is 4.77. The number of nitrogens with zero attached hydrogens (tertiary/aromatic N) is 1. The van der Waals surface area contributed by atoms with Crippen LogP contribution in [0.5, 0.6) is 11.5 Å². The van der Waals surface area contributed by atoms with E-state index in [4.69, 9.17) is 9.47 Å².